The molecule has 4 unspecified atom stereocenters. The molecule has 110 valence electrons. The Bertz CT molecular complexity index is 319. The zero-order valence-electron chi connectivity index (χ0n) is 13.2. The van der Waals surface area contributed by atoms with Crippen molar-refractivity contribution < 1.29 is 5.11 Å². The molecule has 0 aromatic carbocycles. The Balaban J connectivity index is 2.24. The summed E-state index contributed by atoms with van der Waals surface area (Å²) in [4.78, 5) is 2.29. The topological polar surface area (TPSA) is 49.5 Å². The fourth-order valence-electron chi connectivity index (χ4n) is 4.76. The number of nitrogens with two attached hydrogens (primary N) is 1. The van der Waals surface area contributed by atoms with Crippen LogP contribution in [0.2, 0.25) is 0 Å². The van der Waals surface area contributed by atoms with Crippen molar-refractivity contribution in [3.05, 3.63) is 0 Å². The first-order valence-electron chi connectivity index (χ1n) is 7.99. The van der Waals surface area contributed by atoms with Gasteiger partial charge in [0.15, 0.2) is 0 Å². The average molecular weight is 266 g/mol. The summed E-state index contributed by atoms with van der Waals surface area (Å²) in [6.45, 7) is 7.80. The minimum atomic E-state index is -0.255. The summed E-state index contributed by atoms with van der Waals surface area (Å²) in [5.74, 6) is 0.524. The number of rotatable bonds is 1. The third kappa shape index (κ3) is 3.17. The molecule has 3 nitrogen and oxygen atoms in total. The van der Waals surface area contributed by atoms with E-state index in [0.29, 0.717) is 17.4 Å². The highest BCUT2D eigenvalue weighted by atomic mass is 16.3. The number of aliphatic hydroxyl groups excluding tert-OH is 1. The molecule has 1 aliphatic carbocycles. The summed E-state index contributed by atoms with van der Waals surface area (Å²) in [6, 6.07) is 0.472. The molecule has 2 aliphatic rings. The Morgan fingerprint density at radius 3 is 2.63 bits per heavy atom. The third-order valence-corrected chi connectivity index (χ3v) is 5.43. The number of hydrogen-bond donors (Lipinski definition) is 2. The Kier molecular flexibility index (Phi) is 4.34. The van der Waals surface area contributed by atoms with Crippen LogP contribution in [0.4, 0.5) is 0 Å². The monoisotopic (exact) mass is 266 g/mol. The van der Waals surface area contributed by atoms with Crippen LogP contribution in [0, 0.1) is 11.3 Å². The molecule has 2 rings (SSSR count). The van der Waals surface area contributed by atoms with E-state index in [1.165, 1.54) is 19.3 Å². The summed E-state index contributed by atoms with van der Waals surface area (Å²) in [5, 5.41) is 10.2. The highest BCUT2D eigenvalue weighted by Crippen LogP contribution is 2.43. The lowest BCUT2D eigenvalue weighted by atomic mass is 9.55. The molecule has 19 heavy (non-hydrogen) atoms. The van der Waals surface area contributed by atoms with Crippen LogP contribution in [-0.4, -0.2) is 42.1 Å². The molecule has 0 amide bonds. The molecule has 1 saturated carbocycles. The van der Waals surface area contributed by atoms with Crippen molar-refractivity contribution in [1.29, 1.82) is 0 Å². The van der Waals surface area contributed by atoms with Gasteiger partial charge in [0.1, 0.15) is 14.1 Å². The van der Waals surface area contributed by atoms with Gasteiger partial charge in [-0.1, -0.05) is 27.2 Å². The standard InChI is InChI=1S/C15H31BN2O/c1-4-18-12-6-5-9-14(2,3)10-15(16,17)11(12)7-8-13(18)19/h11-13,19H,4-10,16-17H2,1-3H3. The maximum absolute atomic E-state index is 10.2. The van der Waals surface area contributed by atoms with E-state index in [9.17, 15) is 5.11 Å². The van der Waals surface area contributed by atoms with Crippen LogP contribution in [-0.2, 0) is 0 Å². The van der Waals surface area contributed by atoms with E-state index in [4.69, 9.17) is 5.73 Å². The Morgan fingerprint density at radius 1 is 1.32 bits per heavy atom. The second-order valence-electron chi connectivity index (χ2n) is 7.80. The lowest BCUT2D eigenvalue weighted by Crippen LogP contribution is -2.63. The smallest absolute Gasteiger partial charge is 0.127 e. The van der Waals surface area contributed by atoms with E-state index >= 15 is 0 Å². The second-order valence-corrected chi connectivity index (χ2v) is 7.80. The summed E-state index contributed by atoms with van der Waals surface area (Å²) >= 11 is 0. The second kappa shape index (κ2) is 5.38. The molecule has 4 heteroatoms. The van der Waals surface area contributed by atoms with Gasteiger partial charge < -0.3 is 10.8 Å². The van der Waals surface area contributed by atoms with Crippen molar-refractivity contribution in [2.24, 2.45) is 17.1 Å². The van der Waals surface area contributed by atoms with Crippen LogP contribution in [0.5, 0.6) is 0 Å². The molecule has 4 atom stereocenters. The minimum Gasteiger partial charge on any atom is -0.378 e. The van der Waals surface area contributed by atoms with Crippen LogP contribution >= 0.6 is 0 Å². The van der Waals surface area contributed by atoms with E-state index in [1.54, 1.807) is 0 Å². The van der Waals surface area contributed by atoms with Gasteiger partial charge in [-0.3, -0.25) is 4.90 Å². The van der Waals surface area contributed by atoms with E-state index in [1.807, 2.05) is 0 Å². The van der Waals surface area contributed by atoms with E-state index in [2.05, 4.69) is 33.5 Å². The van der Waals surface area contributed by atoms with Gasteiger partial charge in [0, 0.05) is 6.04 Å². The highest BCUT2D eigenvalue weighted by molar-refractivity contribution is 6.15. The molecular formula is C15H31BN2O. The van der Waals surface area contributed by atoms with Gasteiger partial charge in [-0.15, -0.1) is 0 Å². The summed E-state index contributed by atoms with van der Waals surface area (Å²) in [7, 11) is 2.24. The van der Waals surface area contributed by atoms with Crippen molar-refractivity contribution in [3.8, 4) is 0 Å². The molecule has 3 N–H and O–H groups in total. The van der Waals surface area contributed by atoms with Gasteiger partial charge in [0.25, 0.3) is 0 Å². The van der Waals surface area contributed by atoms with Gasteiger partial charge in [0.2, 0.25) is 0 Å². The normalized spacial score (nSPS) is 44.2. The Morgan fingerprint density at radius 2 is 2.00 bits per heavy atom. The molecule has 1 heterocycles. The van der Waals surface area contributed by atoms with Crippen molar-refractivity contribution >= 4 is 7.85 Å². The Labute approximate surface area is 119 Å². The summed E-state index contributed by atoms with van der Waals surface area (Å²) < 4.78 is 0. The molecule has 0 aromatic heterocycles. The van der Waals surface area contributed by atoms with Crippen molar-refractivity contribution in [3.63, 3.8) is 0 Å². The van der Waals surface area contributed by atoms with Gasteiger partial charge in [0.05, 0.1) is 0 Å². The molecule has 0 bridgehead atoms. The molecule has 1 saturated heterocycles. The lowest BCUT2D eigenvalue weighted by molar-refractivity contribution is -0.0921. The predicted octanol–water partition coefficient (Wildman–Crippen LogP) is 1.29. The quantitative estimate of drug-likeness (QED) is 0.703. The molecular weight excluding hydrogens is 235 g/mol. The van der Waals surface area contributed by atoms with Crippen LogP contribution in [0.1, 0.15) is 59.3 Å². The number of aliphatic hydroxyl groups is 1. The fourth-order valence-corrected chi connectivity index (χ4v) is 4.76. The summed E-state index contributed by atoms with van der Waals surface area (Å²) in [6.07, 6.45) is 6.48. The SMILES string of the molecule is BC1(N)CC(C)(C)CCCC2C1CCC(O)N2CC. The van der Waals surface area contributed by atoms with E-state index in [0.717, 1.165) is 25.8 Å². The van der Waals surface area contributed by atoms with Crippen molar-refractivity contribution in [2.45, 2.75) is 77.0 Å². The zero-order chi connectivity index (χ0) is 14.3. The lowest BCUT2D eigenvalue weighted by Gasteiger charge is -2.53. The fraction of sp³-hybridized carbons (Fsp3) is 1.00. The first-order valence-corrected chi connectivity index (χ1v) is 7.99. The van der Waals surface area contributed by atoms with E-state index in [-0.39, 0.29) is 11.7 Å². The van der Waals surface area contributed by atoms with Crippen LogP contribution < -0.4 is 5.73 Å². The predicted molar refractivity (Wildman–Crippen MR) is 82.6 cm³/mol. The zero-order valence-corrected chi connectivity index (χ0v) is 13.2. The maximum Gasteiger partial charge on any atom is 0.127 e. The first-order chi connectivity index (χ1) is 8.77. The van der Waals surface area contributed by atoms with Crippen molar-refractivity contribution in [1.82, 2.24) is 4.90 Å². The van der Waals surface area contributed by atoms with Gasteiger partial charge in [-0.2, -0.15) is 0 Å². The first kappa shape index (κ1) is 15.3. The van der Waals surface area contributed by atoms with Crippen LogP contribution in [0.15, 0.2) is 0 Å². The molecule has 2 fully saturated rings. The average Bonchev–Trinajstić information content (AvgIpc) is 2.25. The van der Waals surface area contributed by atoms with Crippen molar-refractivity contribution in [2.75, 3.05) is 6.54 Å². The molecule has 0 spiro atoms. The summed E-state index contributed by atoms with van der Waals surface area (Å²) in [5.41, 5.74) is 6.97. The van der Waals surface area contributed by atoms with Gasteiger partial charge in [-0.25, -0.2) is 0 Å². The number of nitrogens with zero attached hydrogens (tertiary/aromatic N) is 1. The van der Waals surface area contributed by atoms with E-state index < -0.39 is 0 Å². The Hall–Kier alpha value is -0.0551. The largest absolute Gasteiger partial charge is 0.378 e. The molecule has 0 radical (unpaired) electrons. The number of hydrogen-bond acceptors (Lipinski definition) is 3. The highest BCUT2D eigenvalue weighted by Gasteiger charge is 2.46. The maximum atomic E-state index is 10.2. The van der Waals surface area contributed by atoms with Gasteiger partial charge >= 0.3 is 0 Å². The van der Waals surface area contributed by atoms with Crippen LogP contribution in [0.3, 0.4) is 0 Å². The molecule has 1 aliphatic heterocycles. The number of likely N-dealkylation sites (tertiary alicyclic amines) is 1. The minimum absolute atomic E-state index is 0.109. The third-order valence-electron chi connectivity index (χ3n) is 5.43. The number of piperidine rings is 1. The van der Waals surface area contributed by atoms with Gasteiger partial charge in [-0.05, 0) is 55.4 Å². The number of fused-ring (bicyclic) bond motifs is 1. The van der Waals surface area contributed by atoms with Crippen LogP contribution in [0.25, 0.3) is 0 Å². The molecule has 0 aromatic rings.